The van der Waals surface area contributed by atoms with Crippen LogP contribution >= 0.6 is 0 Å². The minimum absolute atomic E-state index is 0.138. The SMILES string of the molecule is COc1ccc(N2C(=O)C(Nc3ccc4c(c3)OCO4)=C(c3ccccc3)C2=O)c(OC)c1. The molecule has 2 heterocycles. The zero-order valence-electron chi connectivity index (χ0n) is 18.0. The highest BCUT2D eigenvalue weighted by molar-refractivity contribution is 6.46. The van der Waals surface area contributed by atoms with Gasteiger partial charge in [-0.15, -0.1) is 0 Å². The first-order chi connectivity index (χ1) is 16.1. The van der Waals surface area contributed by atoms with Crippen LogP contribution in [0.5, 0.6) is 23.0 Å². The zero-order valence-corrected chi connectivity index (χ0v) is 18.0. The predicted octanol–water partition coefficient (Wildman–Crippen LogP) is 3.83. The van der Waals surface area contributed by atoms with E-state index in [0.717, 1.165) is 4.90 Å². The van der Waals surface area contributed by atoms with Crippen LogP contribution in [0.15, 0.2) is 72.4 Å². The van der Waals surface area contributed by atoms with Crippen LogP contribution in [0.25, 0.3) is 5.57 Å². The van der Waals surface area contributed by atoms with Gasteiger partial charge in [0.2, 0.25) is 6.79 Å². The lowest BCUT2D eigenvalue weighted by molar-refractivity contribution is -0.120. The number of rotatable bonds is 6. The van der Waals surface area contributed by atoms with Crippen molar-refractivity contribution in [3.05, 3.63) is 78.0 Å². The van der Waals surface area contributed by atoms with E-state index in [1.807, 2.05) is 18.2 Å². The van der Waals surface area contributed by atoms with E-state index in [1.54, 1.807) is 48.5 Å². The summed E-state index contributed by atoms with van der Waals surface area (Å²) in [4.78, 5) is 28.3. The third-order valence-corrected chi connectivity index (χ3v) is 5.42. The number of benzene rings is 3. The minimum Gasteiger partial charge on any atom is -0.497 e. The van der Waals surface area contributed by atoms with Crippen LogP contribution in [0.2, 0.25) is 0 Å². The van der Waals surface area contributed by atoms with Gasteiger partial charge < -0.3 is 24.3 Å². The number of carbonyl (C=O) groups excluding carboxylic acids is 2. The van der Waals surface area contributed by atoms with Crippen LogP contribution in [-0.4, -0.2) is 32.8 Å². The number of nitrogens with zero attached hydrogens (tertiary/aromatic N) is 1. The summed E-state index contributed by atoms with van der Waals surface area (Å²) < 4.78 is 21.5. The molecule has 0 saturated heterocycles. The van der Waals surface area contributed by atoms with Gasteiger partial charge in [-0.3, -0.25) is 9.59 Å². The summed E-state index contributed by atoms with van der Waals surface area (Å²) in [5.41, 5.74) is 1.95. The van der Waals surface area contributed by atoms with Crippen LogP contribution in [0.1, 0.15) is 5.56 Å². The summed E-state index contributed by atoms with van der Waals surface area (Å²) in [6.07, 6.45) is 0. The maximum atomic E-state index is 13.6. The molecule has 8 heteroatoms. The third-order valence-electron chi connectivity index (χ3n) is 5.42. The Bertz CT molecular complexity index is 1290. The summed E-state index contributed by atoms with van der Waals surface area (Å²) in [7, 11) is 3.00. The minimum atomic E-state index is -0.500. The molecule has 1 N–H and O–H groups in total. The van der Waals surface area contributed by atoms with Gasteiger partial charge in [0.1, 0.15) is 17.2 Å². The fourth-order valence-electron chi connectivity index (χ4n) is 3.83. The number of fused-ring (bicyclic) bond motifs is 1. The topological polar surface area (TPSA) is 86.3 Å². The Labute approximate surface area is 189 Å². The largest absolute Gasteiger partial charge is 0.497 e. The molecule has 2 amide bonds. The van der Waals surface area contributed by atoms with Gasteiger partial charge in [0.15, 0.2) is 11.5 Å². The number of ether oxygens (including phenoxy) is 4. The second-order valence-electron chi connectivity index (χ2n) is 7.29. The third kappa shape index (κ3) is 3.51. The molecule has 8 nitrogen and oxygen atoms in total. The van der Waals surface area contributed by atoms with Crippen molar-refractivity contribution >= 4 is 28.8 Å². The van der Waals surface area contributed by atoms with Crippen molar-refractivity contribution in [1.29, 1.82) is 0 Å². The maximum Gasteiger partial charge on any atom is 0.282 e. The molecule has 0 atom stereocenters. The summed E-state index contributed by atoms with van der Waals surface area (Å²) >= 11 is 0. The Morgan fingerprint density at radius 2 is 1.64 bits per heavy atom. The normalized spacial score (nSPS) is 14.7. The molecule has 166 valence electrons. The van der Waals surface area contributed by atoms with E-state index in [4.69, 9.17) is 18.9 Å². The van der Waals surface area contributed by atoms with E-state index in [-0.39, 0.29) is 18.1 Å². The summed E-state index contributed by atoms with van der Waals surface area (Å²) in [6.45, 7) is 0.138. The van der Waals surface area contributed by atoms with Gasteiger partial charge in [0.25, 0.3) is 11.8 Å². The zero-order chi connectivity index (χ0) is 22.9. The van der Waals surface area contributed by atoms with E-state index in [1.165, 1.54) is 14.2 Å². The van der Waals surface area contributed by atoms with Crippen LogP contribution in [0.3, 0.4) is 0 Å². The van der Waals surface area contributed by atoms with Crippen LogP contribution < -0.4 is 29.2 Å². The summed E-state index contributed by atoms with van der Waals surface area (Å²) in [5, 5.41) is 3.13. The number of imide groups is 1. The average molecular weight is 444 g/mol. The number of hydrogen-bond acceptors (Lipinski definition) is 7. The van der Waals surface area contributed by atoms with Crippen LogP contribution in [0.4, 0.5) is 11.4 Å². The highest BCUT2D eigenvalue weighted by Gasteiger charge is 2.41. The van der Waals surface area contributed by atoms with Crippen molar-refractivity contribution in [2.24, 2.45) is 0 Å². The predicted molar refractivity (Wildman–Crippen MR) is 122 cm³/mol. The quantitative estimate of drug-likeness (QED) is 0.579. The van der Waals surface area contributed by atoms with E-state index >= 15 is 0 Å². The van der Waals surface area contributed by atoms with Gasteiger partial charge in [0, 0.05) is 17.8 Å². The van der Waals surface area contributed by atoms with Gasteiger partial charge in [-0.25, -0.2) is 4.90 Å². The number of hydrogen-bond donors (Lipinski definition) is 1. The molecule has 5 rings (SSSR count). The molecule has 0 spiro atoms. The second-order valence-corrected chi connectivity index (χ2v) is 7.29. The lowest BCUT2D eigenvalue weighted by atomic mass is 10.0. The lowest BCUT2D eigenvalue weighted by Crippen LogP contribution is -2.32. The number of amides is 2. The smallest absolute Gasteiger partial charge is 0.282 e. The Morgan fingerprint density at radius 3 is 2.39 bits per heavy atom. The molecule has 0 bridgehead atoms. The van der Waals surface area contributed by atoms with Crippen molar-refractivity contribution in [3.63, 3.8) is 0 Å². The molecule has 33 heavy (non-hydrogen) atoms. The highest BCUT2D eigenvalue weighted by atomic mass is 16.7. The molecular weight excluding hydrogens is 424 g/mol. The number of nitrogens with one attached hydrogen (secondary N) is 1. The molecule has 3 aromatic carbocycles. The molecule has 3 aromatic rings. The average Bonchev–Trinajstić information content (AvgIpc) is 3.41. The molecule has 0 unspecified atom stereocenters. The fourth-order valence-corrected chi connectivity index (χ4v) is 3.83. The highest BCUT2D eigenvalue weighted by Crippen LogP contribution is 2.40. The Balaban J connectivity index is 1.59. The first kappa shape index (κ1) is 20.4. The summed E-state index contributed by atoms with van der Waals surface area (Å²) in [6, 6.07) is 19.2. The molecule has 0 fully saturated rings. The van der Waals surface area contributed by atoms with Crippen molar-refractivity contribution < 1.29 is 28.5 Å². The van der Waals surface area contributed by atoms with Crippen molar-refractivity contribution in [1.82, 2.24) is 0 Å². The molecule has 0 radical (unpaired) electrons. The molecular formula is C25H20N2O6. The van der Waals surface area contributed by atoms with Crippen LogP contribution in [-0.2, 0) is 9.59 Å². The first-order valence-electron chi connectivity index (χ1n) is 10.2. The Kier molecular flexibility index (Phi) is 5.10. The number of methoxy groups -OCH3 is 2. The van der Waals surface area contributed by atoms with Gasteiger partial charge >= 0.3 is 0 Å². The molecule has 0 aromatic heterocycles. The first-order valence-corrected chi connectivity index (χ1v) is 10.2. The fraction of sp³-hybridized carbons (Fsp3) is 0.120. The van der Waals surface area contributed by atoms with Crippen molar-refractivity contribution in [3.8, 4) is 23.0 Å². The molecule has 0 aliphatic carbocycles. The maximum absolute atomic E-state index is 13.6. The Hall–Kier alpha value is -4.46. The Morgan fingerprint density at radius 1 is 0.848 bits per heavy atom. The number of carbonyl (C=O) groups is 2. The monoisotopic (exact) mass is 444 g/mol. The van der Waals surface area contributed by atoms with Gasteiger partial charge in [0.05, 0.1) is 25.5 Å². The molecule has 2 aliphatic heterocycles. The van der Waals surface area contributed by atoms with Crippen LogP contribution in [0, 0.1) is 0 Å². The van der Waals surface area contributed by atoms with Crippen molar-refractivity contribution in [2.45, 2.75) is 0 Å². The lowest BCUT2D eigenvalue weighted by Gasteiger charge is -2.19. The number of anilines is 2. The van der Waals surface area contributed by atoms with E-state index in [2.05, 4.69) is 5.32 Å². The second kappa shape index (κ2) is 8.23. The van der Waals surface area contributed by atoms with Gasteiger partial charge in [-0.1, -0.05) is 30.3 Å². The molecule has 0 saturated carbocycles. The van der Waals surface area contributed by atoms with Gasteiger partial charge in [-0.2, -0.15) is 0 Å². The standard InChI is InChI=1S/C25H20N2O6/c1-30-17-9-10-18(20(13-17)31-2)27-24(28)22(15-6-4-3-5-7-15)23(25(27)29)26-16-8-11-19-21(12-16)33-14-32-19/h3-13,26H,14H2,1-2H3. The summed E-state index contributed by atoms with van der Waals surface area (Å²) in [5.74, 6) is 1.11. The molecule has 2 aliphatic rings. The van der Waals surface area contributed by atoms with E-state index in [0.29, 0.717) is 39.9 Å². The van der Waals surface area contributed by atoms with Crippen molar-refractivity contribution in [2.75, 3.05) is 31.2 Å². The van der Waals surface area contributed by atoms with E-state index in [9.17, 15) is 9.59 Å². The van der Waals surface area contributed by atoms with Gasteiger partial charge in [-0.05, 0) is 29.8 Å². The van der Waals surface area contributed by atoms with E-state index < -0.39 is 11.8 Å².